The number of pyridine rings is 3. The Labute approximate surface area is 550 Å². The Hall–Kier alpha value is -10.6. The molecule has 0 radical (unpaired) electrons. The van der Waals surface area contributed by atoms with Crippen LogP contribution < -0.4 is 0 Å². The van der Waals surface area contributed by atoms with Crippen molar-refractivity contribution in [3.05, 3.63) is 331 Å². The summed E-state index contributed by atoms with van der Waals surface area (Å²) in [6, 6.07) is 103. The van der Waals surface area contributed by atoms with Crippen LogP contribution in [0.5, 0.6) is 0 Å². The Kier molecular flexibility index (Phi) is 17.8. The molecule has 0 unspecified atom stereocenters. The van der Waals surface area contributed by atoms with Gasteiger partial charge in [-0.25, -0.2) is 0 Å². The van der Waals surface area contributed by atoms with Crippen LogP contribution in [0.2, 0.25) is 0 Å². The molecule has 4 heteroatoms. The first-order valence-electron chi connectivity index (χ1n) is 30.5. The van der Waals surface area contributed by atoms with Crippen LogP contribution in [0.3, 0.4) is 0 Å². The average Bonchev–Trinajstić information content (AvgIpc) is 0.978. The Morgan fingerprint density at radius 3 is 0.978 bits per heavy atom. The maximum absolute atomic E-state index is 4.84. The maximum Gasteiger partial charge on any atom is 3.00 e. The fourth-order valence-corrected chi connectivity index (χ4v) is 11.5. The molecule has 0 N–H and O–H groups in total. The molecule has 0 spiro atoms. The van der Waals surface area contributed by atoms with Crippen molar-refractivity contribution in [2.75, 3.05) is 0 Å². The van der Waals surface area contributed by atoms with E-state index in [9.17, 15) is 0 Å². The van der Waals surface area contributed by atoms with Crippen molar-refractivity contribution in [2.24, 2.45) is 0 Å². The zero-order valence-corrected chi connectivity index (χ0v) is 54.1. The molecule has 3 heterocycles. The van der Waals surface area contributed by atoms with Crippen molar-refractivity contribution in [3.8, 4) is 135 Å². The van der Waals surface area contributed by atoms with E-state index >= 15 is 0 Å². The molecule has 91 heavy (non-hydrogen) atoms. The minimum atomic E-state index is 0. The van der Waals surface area contributed by atoms with Crippen LogP contribution in [0.25, 0.3) is 112 Å². The molecule has 0 amide bonds. The molecule has 0 aliphatic heterocycles. The smallest absolute Gasteiger partial charge is 0.305 e. The molecular weight excluding hydrogens is 1280 g/mol. The summed E-state index contributed by atoms with van der Waals surface area (Å²) in [7, 11) is 0. The summed E-state index contributed by atoms with van der Waals surface area (Å²) in [5.74, 6) is 14.2. The molecule has 0 aliphatic rings. The zero-order valence-electron chi connectivity index (χ0n) is 51.7. The predicted molar refractivity (Wildman–Crippen MR) is 373 cm³/mol. The van der Waals surface area contributed by atoms with E-state index in [1.165, 1.54) is 11.1 Å². The number of aromatic nitrogens is 3. The van der Waals surface area contributed by atoms with Crippen molar-refractivity contribution in [3.63, 3.8) is 0 Å². The summed E-state index contributed by atoms with van der Waals surface area (Å²) in [5, 5.41) is 0. The monoisotopic (exact) mass is 1340 g/mol. The van der Waals surface area contributed by atoms with Crippen molar-refractivity contribution in [1.82, 2.24) is 15.0 Å². The molecule has 10 aromatic carbocycles. The molecule has 0 bridgehead atoms. The predicted octanol–water partition coefficient (Wildman–Crippen LogP) is 21.3. The number of nitrogens with zero attached hydrogens (tertiary/aromatic N) is 3. The first-order chi connectivity index (χ1) is 43.8. The van der Waals surface area contributed by atoms with Crippen LogP contribution in [-0.2, 0) is 30.9 Å². The van der Waals surface area contributed by atoms with Crippen LogP contribution in [0, 0.1) is 41.9 Å². The van der Waals surface area contributed by atoms with Gasteiger partial charge in [0.25, 0.3) is 0 Å². The van der Waals surface area contributed by atoms with Gasteiger partial charge >= 0.3 is 20.1 Å². The van der Waals surface area contributed by atoms with Crippen LogP contribution >= 0.6 is 0 Å². The molecule has 3 aromatic heterocycles. The first-order valence-corrected chi connectivity index (χ1v) is 30.5. The van der Waals surface area contributed by atoms with Crippen molar-refractivity contribution in [2.45, 2.75) is 52.4 Å². The minimum Gasteiger partial charge on any atom is -0.305 e. The Balaban J connectivity index is 0.00000800. The summed E-state index contributed by atoms with van der Waals surface area (Å²) in [6.07, 6.45) is 5.48. The largest absolute Gasteiger partial charge is 3.00 e. The quantitative estimate of drug-likeness (QED) is 0.101. The molecule has 3 nitrogen and oxygen atoms in total. The van der Waals surface area contributed by atoms with E-state index in [4.69, 9.17) is 4.98 Å². The van der Waals surface area contributed by atoms with Gasteiger partial charge in [0.1, 0.15) is 0 Å². The molecule has 13 rings (SSSR count). The van der Waals surface area contributed by atoms with Crippen molar-refractivity contribution < 1.29 is 20.1 Å². The van der Waals surface area contributed by atoms with Gasteiger partial charge in [-0.05, 0) is 157 Å². The second-order valence-corrected chi connectivity index (χ2v) is 24.7. The van der Waals surface area contributed by atoms with Gasteiger partial charge in [0.2, 0.25) is 0 Å². The molecule has 0 atom stereocenters. The summed E-state index contributed by atoms with van der Waals surface area (Å²) in [5.41, 5.74) is 26.3. The maximum atomic E-state index is 4.84. The second-order valence-electron chi connectivity index (χ2n) is 24.7. The van der Waals surface area contributed by atoms with E-state index < -0.39 is 0 Å². The standard InChI is InChI=1S/C87H64N3.Ir/c1-86(2,3)73-45-32-60(33-46-73)28-30-62-53-63(31-29-61-34-47-74(48-35-61)87(4,5)6)55-69(54-62)82-59-68(85-27-15-18-52-90-85)44-49-81(82)80-24-12-11-23-79(80)72-57-70(77-21-9-7-19-75(77)64-36-40-66(41-37-64)83-25-13-16-50-88-83)56-71(58-72)78-22-10-8-20-76(78)65-38-42-67(43-39-65)84-26-14-17-51-89-84;/h7-27,32-40,42,45-59H,1-6H3;/q-3;+3. The van der Waals surface area contributed by atoms with Gasteiger partial charge in [-0.15, -0.1) is 83.4 Å². The van der Waals surface area contributed by atoms with E-state index in [1.54, 1.807) is 0 Å². The van der Waals surface area contributed by atoms with E-state index in [-0.39, 0.29) is 30.9 Å². The normalized spacial score (nSPS) is 11.1. The topological polar surface area (TPSA) is 38.7 Å². The number of hydrogen-bond acceptors (Lipinski definition) is 3. The van der Waals surface area contributed by atoms with Gasteiger partial charge < -0.3 is 15.0 Å². The fraction of sp³-hybridized carbons (Fsp3) is 0.0920. The van der Waals surface area contributed by atoms with Gasteiger partial charge in [0.15, 0.2) is 0 Å². The van der Waals surface area contributed by atoms with E-state index in [0.29, 0.717) is 0 Å². The summed E-state index contributed by atoms with van der Waals surface area (Å²) >= 11 is 0. The first kappa shape index (κ1) is 60.7. The van der Waals surface area contributed by atoms with Gasteiger partial charge in [0, 0.05) is 40.8 Å². The Morgan fingerprint density at radius 2 is 0.604 bits per heavy atom. The SMILES string of the molecule is CC(C)(C)c1ccc(C#Cc2cc(C#Cc3ccc(C(C)(C)C)cc3)cc(-c3cc(-c4ccccn4)[c-]cc3-c3ccccc3-c3cc(-c4ccccc4-c4c[c-]c(-c5ccccn5)cc4)cc(-c4ccccc4-c4c[c-]c(-c5ccccn5)cc4)c3)c2)cc1.[Ir+3]. The molecule has 0 saturated carbocycles. The average molecular weight is 1340 g/mol. The van der Waals surface area contributed by atoms with Crippen LogP contribution in [-0.4, -0.2) is 15.0 Å². The van der Waals surface area contributed by atoms with Gasteiger partial charge in [-0.3, -0.25) is 0 Å². The van der Waals surface area contributed by atoms with E-state index in [2.05, 4.69) is 300 Å². The molecule has 0 fully saturated rings. The van der Waals surface area contributed by atoms with Crippen LogP contribution in [0.15, 0.2) is 279 Å². The third kappa shape index (κ3) is 13.8. The third-order valence-corrected chi connectivity index (χ3v) is 16.4. The molecule has 13 aromatic rings. The zero-order chi connectivity index (χ0) is 61.6. The minimum absolute atomic E-state index is 0. The number of hydrogen-bond donors (Lipinski definition) is 0. The van der Waals surface area contributed by atoms with Crippen LogP contribution in [0.4, 0.5) is 0 Å². The van der Waals surface area contributed by atoms with Gasteiger partial charge in [-0.2, -0.15) is 0 Å². The summed E-state index contributed by atoms with van der Waals surface area (Å²) < 4.78 is 0. The molecular formula is C87H64IrN3. The molecule has 0 saturated heterocycles. The molecule has 0 aliphatic carbocycles. The number of rotatable bonds is 10. The third-order valence-electron chi connectivity index (χ3n) is 16.4. The van der Waals surface area contributed by atoms with Gasteiger partial charge in [-0.1, -0.05) is 238 Å². The van der Waals surface area contributed by atoms with E-state index in [0.717, 1.165) is 134 Å². The summed E-state index contributed by atoms with van der Waals surface area (Å²) in [4.78, 5) is 14.1. The summed E-state index contributed by atoms with van der Waals surface area (Å²) in [6.45, 7) is 13.4. The van der Waals surface area contributed by atoms with Crippen LogP contribution in [0.1, 0.15) is 74.9 Å². The fourth-order valence-electron chi connectivity index (χ4n) is 11.5. The molecule has 436 valence electrons. The van der Waals surface area contributed by atoms with Crippen molar-refractivity contribution in [1.29, 1.82) is 0 Å². The van der Waals surface area contributed by atoms with E-state index in [1.807, 2.05) is 73.2 Å². The number of benzene rings is 10. The second kappa shape index (κ2) is 26.6. The Morgan fingerprint density at radius 1 is 0.264 bits per heavy atom. The van der Waals surface area contributed by atoms with Gasteiger partial charge in [0.05, 0.1) is 0 Å². The van der Waals surface area contributed by atoms with Crippen molar-refractivity contribution >= 4 is 0 Å². The Bertz CT molecular complexity index is 4600.